The van der Waals surface area contributed by atoms with Gasteiger partial charge >= 0.3 is 0 Å². The first kappa shape index (κ1) is 15.6. The lowest BCUT2D eigenvalue weighted by Gasteiger charge is -2.12. The molecule has 2 aromatic rings. The fourth-order valence-electron chi connectivity index (χ4n) is 2.32. The van der Waals surface area contributed by atoms with Crippen LogP contribution in [0.5, 0.6) is 5.75 Å². The maximum atomic E-state index is 5.65. The molecule has 0 atom stereocenters. The van der Waals surface area contributed by atoms with Crippen molar-refractivity contribution in [3.8, 4) is 16.9 Å². The number of hydrogen-bond acceptors (Lipinski definition) is 2. The zero-order valence-electron chi connectivity index (χ0n) is 13.3. The molecule has 112 valence electrons. The van der Waals surface area contributed by atoms with Crippen LogP contribution in [0.4, 0.5) is 0 Å². The summed E-state index contributed by atoms with van der Waals surface area (Å²) in [6, 6.07) is 15.1. The topological polar surface area (TPSA) is 21.3 Å². The lowest BCUT2D eigenvalue weighted by molar-refractivity contribution is 0.317. The van der Waals surface area contributed by atoms with Crippen LogP contribution in [0.25, 0.3) is 11.1 Å². The smallest absolute Gasteiger partial charge is 0.119 e. The van der Waals surface area contributed by atoms with Gasteiger partial charge in [0.2, 0.25) is 0 Å². The summed E-state index contributed by atoms with van der Waals surface area (Å²) in [5, 5.41) is 3.41. The Morgan fingerprint density at radius 1 is 1.00 bits per heavy atom. The van der Waals surface area contributed by atoms with Gasteiger partial charge in [0.25, 0.3) is 0 Å². The van der Waals surface area contributed by atoms with E-state index in [2.05, 4.69) is 68.6 Å². The van der Waals surface area contributed by atoms with Crippen molar-refractivity contribution in [1.82, 2.24) is 5.32 Å². The molecule has 0 aliphatic heterocycles. The third-order valence-electron chi connectivity index (χ3n) is 3.47. The molecule has 2 rings (SSSR count). The van der Waals surface area contributed by atoms with Gasteiger partial charge in [-0.15, -0.1) is 0 Å². The molecule has 2 heteroatoms. The molecule has 21 heavy (non-hydrogen) atoms. The minimum Gasteiger partial charge on any atom is -0.494 e. The Labute approximate surface area is 128 Å². The highest BCUT2D eigenvalue weighted by Gasteiger charge is 2.06. The maximum absolute atomic E-state index is 5.65. The Kier molecular flexibility index (Phi) is 5.82. The second-order valence-corrected chi connectivity index (χ2v) is 5.31. The molecule has 0 bridgehead atoms. The van der Waals surface area contributed by atoms with E-state index in [0.29, 0.717) is 0 Å². The van der Waals surface area contributed by atoms with E-state index in [1.54, 1.807) is 0 Å². The highest BCUT2D eigenvalue weighted by molar-refractivity contribution is 5.68. The second kappa shape index (κ2) is 7.84. The van der Waals surface area contributed by atoms with Crippen molar-refractivity contribution < 1.29 is 4.74 Å². The Hall–Kier alpha value is -1.80. The van der Waals surface area contributed by atoms with Gasteiger partial charge in [0.15, 0.2) is 0 Å². The predicted molar refractivity (Wildman–Crippen MR) is 89.8 cm³/mol. The Bertz CT molecular complexity index is 560. The number of hydrogen-bond donors (Lipinski definition) is 1. The van der Waals surface area contributed by atoms with E-state index < -0.39 is 0 Å². The molecule has 0 amide bonds. The zero-order valence-corrected chi connectivity index (χ0v) is 13.3. The first-order valence-electron chi connectivity index (χ1n) is 7.78. The van der Waals surface area contributed by atoms with Crippen molar-refractivity contribution in [2.75, 3.05) is 13.2 Å². The highest BCUT2D eigenvalue weighted by Crippen LogP contribution is 2.27. The van der Waals surface area contributed by atoms with Crippen LogP contribution < -0.4 is 10.1 Å². The van der Waals surface area contributed by atoms with Crippen molar-refractivity contribution in [3.63, 3.8) is 0 Å². The normalized spacial score (nSPS) is 10.6. The third-order valence-corrected chi connectivity index (χ3v) is 3.47. The number of aryl methyl sites for hydroxylation is 1. The van der Waals surface area contributed by atoms with Gasteiger partial charge in [-0.25, -0.2) is 0 Å². The molecule has 0 heterocycles. The standard InChI is InChI=1S/C19H25NO/c1-4-12-21-18-10-8-16(9-11-18)19-13-15(3)6-7-17(19)14-20-5-2/h6-11,13,20H,4-5,12,14H2,1-3H3. The quantitative estimate of drug-likeness (QED) is 0.804. The molecular weight excluding hydrogens is 258 g/mol. The molecule has 1 N–H and O–H groups in total. The molecule has 0 saturated carbocycles. The minimum atomic E-state index is 0.773. The van der Waals surface area contributed by atoms with Gasteiger partial charge in [-0.2, -0.15) is 0 Å². The van der Waals surface area contributed by atoms with Crippen LogP contribution in [0.2, 0.25) is 0 Å². The molecular formula is C19H25NO. The molecule has 0 fully saturated rings. The van der Waals surface area contributed by atoms with Crippen molar-refractivity contribution in [3.05, 3.63) is 53.6 Å². The third kappa shape index (κ3) is 4.33. The summed E-state index contributed by atoms with van der Waals surface area (Å²) in [6.45, 7) is 9.05. The molecule has 2 aromatic carbocycles. The summed E-state index contributed by atoms with van der Waals surface area (Å²) < 4.78 is 5.65. The van der Waals surface area contributed by atoms with Gasteiger partial charge in [-0.05, 0) is 48.7 Å². The number of benzene rings is 2. The summed E-state index contributed by atoms with van der Waals surface area (Å²) in [5.74, 6) is 0.946. The van der Waals surface area contributed by atoms with E-state index in [1.165, 1.54) is 22.3 Å². The maximum Gasteiger partial charge on any atom is 0.119 e. The average Bonchev–Trinajstić information content (AvgIpc) is 2.52. The number of rotatable bonds is 7. The highest BCUT2D eigenvalue weighted by atomic mass is 16.5. The SMILES string of the molecule is CCCOc1ccc(-c2cc(C)ccc2CNCC)cc1. The molecule has 0 radical (unpaired) electrons. The minimum absolute atomic E-state index is 0.773. The Morgan fingerprint density at radius 3 is 2.43 bits per heavy atom. The molecule has 0 aliphatic rings. The molecule has 0 spiro atoms. The Balaban J connectivity index is 2.25. The van der Waals surface area contributed by atoms with Crippen LogP contribution in [-0.4, -0.2) is 13.2 Å². The largest absolute Gasteiger partial charge is 0.494 e. The number of ether oxygens (including phenoxy) is 1. The first-order valence-corrected chi connectivity index (χ1v) is 7.78. The van der Waals surface area contributed by atoms with Crippen LogP contribution in [0.3, 0.4) is 0 Å². The molecule has 0 unspecified atom stereocenters. The molecule has 0 aromatic heterocycles. The molecule has 0 saturated heterocycles. The molecule has 2 nitrogen and oxygen atoms in total. The van der Waals surface area contributed by atoms with E-state index in [1.807, 2.05) is 0 Å². The van der Waals surface area contributed by atoms with E-state index >= 15 is 0 Å². The van der Waals surface area contributed by atoms with Crippen LogP contribution in [-0.2, 0) is 6.54 Å². The number of nitrogens with one attached hydrogen (secondary N) is 1. The van der Waals surface area contributed by atoms with Gasteiger partial charge in [-0.3, -0.25) is 0 Å². The van der Waals surface area contributed by atoms with Gasteiger partial charge in [0, 0.05) is 6.54 Å². The van der Waals surface area contributed by atoms with Gasteiger partial charge < -0.3 is 10.1 Å². The Morgan fingerprint density at radius 2 is 1.76 bits per heavy atom. The summed E-state index contributed by atoms with van der Waals surface area (Å²) in [5.41, 5.74) is 5.18. The van der Waals surface area contributed by atoms with Gasteiger partial charge in [0.1, 0.15) is 5.75 Å². The zero-order chi connectivity index (χ0) is 15.1. The lowest BCUT2D eigenvalue weighted by Crippen LogP contribution is -2.12. The monoisotopic (exact) mass is 283 g/mol. The van der Waals surface area contributed by atoms with Crippen LogP contribution >= 0.6 is 0 Å². The van der Waals surface area contributed by atoms with Gasteiger partial charge in [0.05, 0.1) is 6.61 Å². The van der Waals surface area contributed by atoms with Crippen molar-refractivity contribution in [2.45, 2.75) is 33.7 Å². The van der Waals surface area contributed by atoms with Crippen molar-refractivity contribution in [1.29, 1.82) is 0 Å². The predicted octanol–water partition coefficient (Wildman–Crippen LogP) is 4.56. The van der Waals surface area contributed by atoms with Crippen molar-refractivity contribution >= 4 is 0 Å². The fraction of sp³-hybridized carbons (Fsp3) is 0.368. The second-order valence-electron chi connectivity index (χ2n) is 5.31. The van der Waals surface area contributed by atoms with Crippen LogP contribution in [0.15, 0.2) is 42.5 Å². The first-order chi connectivity index (χ1) is 10.2. The fourth-order valence-corrected chi connectivity index (χ4v) is 2.32. The lowest BCUT2D eigenvalue weighted by atomic mass is 9.97. The van der Waals surface area contributed by atoms with Crippen LogP contribution in [0.1, 0.15) is 31.4 Å². The summed E-state index contributed by atoms with van der Waals surface area (Å²) in [7, 11) is 0. The van der Waals surface area contributed by atoms with E-state index in [-0.39, 0.29) is 0 Å². The van der Waals surface area contributed by atoms with Gasteiger partial charge in [-0.1, -0.05) is 49.7 Å². The van der Waals surface area contributed by atoms with E-state index in [4.69, 9.17) is 4.74 Å². The van der Waals surface area contributed by atoms with Crippen molar-refractivity contribution in [2.24, 2.45) is 0 Å². The van der Waals surface area contributed by atoms with E-state index in [0.717, 1.165) is 31.9 Å². The summed E-state index contributed by atoms with van der Waals surface area (Å²) in [6.07, 6.45) is 1.03. The summed E-state index contributed by atoms with van der Waals surface area (Å²) in [4.78, 5) is 0. The summed E-state index contributed by atoms with van der Waals surface area (Å²) >= 11 is 0. The average molecular weight is 283 g/mol. The molecule has 0 aliphatic carbocycles. The van der Waals surface area contributed by atoms with Crippen LogP contribution in [0, 0.1) is 6.92 Å². The van der Waals surface area contributed by atoms with E-state index in [9.17, 15) is 0 Å².